The van der Waals surface area contributed by atoms with Crippen molar-refractivity contribution in [1.82, 2.24) is 4.98 Å². The lowest BCUT2D eigenvalue weighted by atomic mass is 10.1. The zero-order chi connectivity index (χ0) is 11.8. The standard InChI is InChI=1S/C13H14N2O2/c1-8-2-3-10-11(15-8)4-5-12-13(10)17-9(6-14)7-16-12/h2-5,9H,6-7,14H2,1H3. The number of hydrogen-bond donors (Lipinski definition) is 1. The average Bonchev–Trinajstić information content (AvgIpc) is 2.37. The number of nitrogens with zero attached hydrogens (tertiary/aromatic N) is 1. The number of fused-ring (bicyclic) bond motifs is 3. The zero-order valence-corrected chi connectivity index (χ0v) is 9.64. The lowest BCUT2D eigenvalue weighted by molar-refractivity contribution is 0.0989. The van der Waals surface area contributed by atoms with Gasteiger partial charge in [-0.05, 0) is 31.2 Å². The number of aryl methyl sites for hydroxylation is 1. The fourth-order valence-electron chi connectivity index (χ4n) is 1.99. The van der Waals surface area contributed by atoms with Crippen LogP contribution in [0.4, 0.5) is 0 Å². The molecule has 1 aromatic carbocycles. The molecule has 0 fully saturated rings. The molecule has 1 unspecified atom stereocenters. The van der Waals surface area contributed by atoms with Crippen LogP contribution in [0.3, 0.4) is 0 Å². The fraction of sp³-hybridized carbons (Fsp3) is 0.308. The lowest BCUT2D eigenvalue weighted by Crippen LogP contribution is -2.35. The highest BCUT2D eigenvalue weighted by molar-refractivity contribution is 5.88. The quantitative estimate of drug-likeness (QED) is 0.809. The number of benzene rings is 1. The second kappa shape index (κ2) is 3.89. The molecule has 0 saturated carbocycles. The second-order valence-corrected chi connectivity index (χ2v) is 4.20. The molecular weight excluding hydrogens is 216 g/mol. The molecule has 2 heterocycles. The summed E-state index contributed by atoms with van der Waals surface area (Å²) in [6.07, 6.45) is -0.0746. The van der Waals surface area contributed by atoms with Crippen LogP contribution in [0.5, 0.6) is 11.5 Å². The van der Waals surface area contributed by atoms with E-state index in [0.717, 1.165) is 28.1 Å². The fourth-order valence-corrected chi connectivity index (χ4v) is 1.99. The van der Waals surface area contributed by atoms with Gasteiger partial charge in [0, 0.05) is 17.6 Å². The van der Waals surface area contributed by atoms with Crippen LogP contribution in [0.25, 0.3) is 10.9 Å². The Morgan fingerprint density at radius 1 is 1.35 bits per heavy atom. The van der Waals surface area contributed by atoms with E-state index in [1.807, 2.05) is 31.2 Å². The van der Waals surface area contributed by atoms with Crippen LogP contribution in [-0.4, -0.2) is 24.2 Å². The van der Waals surface area contributed by atoms with Crippen LogP contribution < -0.4 is 15.2 Å². The van der Waals surface area contributed by atoms with E-state index in [1.54, 1.807) is 0 Å². The normalized spacial score (nSPS) is 18.4. The third-order valence-electron chi connectivity index (χ3n) is 2.90. The van der Waals surface area contributed by atoms with E-state index in [-0.39, 0.29) is 6.10 Å². The number of ether oxygens (including phenoxy) is 2. The summed E-state index contributed by atoms with van der Waals surface area (Å²) >= 11 is 0. The van der Waals surface area contributed by atoms with E-state index >= 15 is 0 Å². The predicted octanol–water partition coefficient (Wildman–Crippen LogP) is 1.64. The van der Waals surface area contributed by atoms with Gasteiger partial charge in [0.25, 0.3) is 0 Å². The molecule has 0 aliphatic carbocycles. The zero-order valence-electron chi connectivity index (χ0n) is 9.64. The SMILES string of the molecule is Cc1ccc2c3c(ccc2n1)OCC(CN)O3. The molecule has 0 bridgehead atoms. The summed E-state index contributed by atoms with van der Waals surface area (Å²) < 4.78 is 11.5. The Hall–Kier alpha value is -1.81. The minimum atomic E-state index is -0.0746. The highest BCUT2D eigenvalue weighted by Gasteiger charge is 2.22. The third-order valence-corrected chi connectivity index (χ3v) is 2.90. The summed E-state index contributed by atoms with van der Waals surface area (Å²) in [6, 6.07) is 7.83. The second-order valence-electron chi connectivity index (χ2n) is 4.20. The Kier molecular flexibility index (Phi) is 2.37. The van der Waals surface area contributed by atoms with Crippen LogP contribution >= 0.6 is 0 Å². The number of pyridine rings is 1. The highest BCUT2D eigenvalue weighted by Crippen LogP contribution is 2.38. The number of aromatic nitrogens is 1. The molecule has 4 heteroatoms. The van der Waals surface area contributed by atoms with E-state index in [9.17, 15) is 0 Å². The smallest absolute Gasteiger partial charge is 0.171 e. The third kappa shape index (κ3) is 1.70. The van der Waals surface area contributed by atoms with Gasteiger partial charge in [-0.25, -0.2) is 0 Å². The van der Waals surface area contributed by atoms with Gasteiger partial charge in [-0.3, -0.25) is 4.98 Å². The Balaban J connectivity index is 2.17. The van der Waals surface area contributed by atoms with Gasteiger partial charge in [-0.1, -0.05) is 0 Å². The summed E-state index contributed by atoms with van der Waals surface area (Å²) in [6.45, 7) is 2.93. The molecule has 0 saturated heterocycles. The molecule has 2 N–H and O–H groups in total. The molecule has 1 aliphatic heterocycles. The minimum Gasteiger partial charge on any atom is -0.486 e. The van der Waals surface area contributed by atoms with Gasteiger partial charge in [-0.2, -0.15) is 0 Å². The first kappa shape index (κ1) is 10.4. The van der Waals surface area contributed by atoms with E-state index < -0.39 is 0 Å². The molecule has 0 radical (unpaired) electrons. The van der Waals surface area contributed by atoms with Crippen molar-refractivity contribution >= 4 is 10.9 Å². The number of hydrogen-bond acceptors (Lipinski definition) is 4. The van der Waals surface area contributed by atoms with Crippen LogP contribution in [-0.2, 0) is 0 Å². The molecule has 0 amide bonds. The summed E-state index contributed by atoms with van der Waals surface area (Å²) in [5, 5.41) is 0.978. The van der Waals surface area contributed by atoms with E-state index in [4.69, 9.17) is 15.2 Å². The van der Waals surface area contributed by atoms with Gasteiger partial charge < -0.3 is 15.2 Å². The van der Waals surface area contributed by atoms with Gasteiger partial charge in [0.15, 0.2) is 11.5 Å². The topological polar surface area (TPSA) is 57.4 Å². The Bertz CT molecular complexity index is 569. The summed E-state index contributed by atoms with van der Waals surface area (Å²) in [7, 11) is 0. The van der Waals surface area contributed by atoms with Crippen LogP contribution in [0.2, 0.25) is 0 Å². The van der Waals surface area contributed by atoms with Crippen molar-refractivity contribution in [2.24, 2.45) is 5.73 Å². The predicted molar refractivity (Wildman–Crippen MR) is 65.4 cm³/mol. The van der Waals surface area contributed by atoms with Crippen molar-refractivity contribution in [1.29, 1.82) is 0 Å². The van der Waals surface area contributed by atoms with Crippen LogP contribution in [0.1, 0.15) is 5.69 Å². The first-order chi connectivity index (χ1) is 8.28. The van der Waals surface area contributed by atoms with Crippen LogP contribution in [0, 0.1) is 6.92 Å². The largest absolute Gasteiger partial charge is 0.486 e. The van der Waals surface area contributed by atoms with Crippen molar-refractivity contribution in [3.8, 4) is 11.5 Å². The monoisotopic (exact) mass is 230 g/mol. The Morgan fingerprint density at radius 3 is 3.06 bits per heavy atom. The summed E-state index contributed by atoms with van der Waals surface area (Å²) in [5.41, 5.74) is 7.52. The van der Waals surface area contributed by atoms with Gasteiger partial charge in [0.05, 0.1) is 5.52 Å². The molecule has 1 aliphatic rings. The van der Waals surface area contributed by atoms with Gasteiger partial charge in [-0.15, -0.1) is 0 Å². The van der Waals surface area contributed by atoms with Crippen LogP contribution in [0.15, 0.2) is 24.3 Å². The maximum atomic E-state index is 5.84. The summed E-state index contributed by atoms with van der Waals surface area (Å²) in [4.78, 5) is 4.47. The van der Waals surface area contributed by atoms with Crippen molar-refractivity contribution < 1.29 is 9.47 Å². The Morgan fingerprint density at radius 2 is 2.24 bits per heavy atom. The molecule has 17 heavy (non-hydrogen) atoms. The molecular formula is C13H14N2O2. The maximum Gasteiger partial charge on any atom is 0.171 e. The molecule has 88 valence electrons. The van der Waals surface area contributed by atoms with Crippen molar-refractivity contribution in [3.63, 3.8) is 0 Å². The van der Waals surface area contributed by atoms with Crippen molar-refractivity contribution in [3.05, 3.63) is 30.0 Å². The molecule has 3 rings (SSSR count). The summed E-state index contributed by atoms with van der Waals surface area (Å²) in [5.74, 6) is 1.53. The first-order valence-corrected chi connectivity index (χ1v) is 5.68. The van der Waals surface area contributed by atoms with Crippen molar-refractivity contribution in [2.75, 3.05) is 13.2 Å². The first-order valence-electron chi connectivity index (χ1n) is 5.68. The van der Waals surface area contributed by atoms with E-state index in [2.05, 4.69) is 4.98 Å². The highest BCUT2D eigenvalue weighted by atomic mass is 16.6. The van der Waals surface area contributed by atoms with E-state index in [1.165, 1.54) is 0 Å². The maximum absolute atomic E-state index is 5.84. The Labute approximate surface area is 99.4 Å². The molecule has 1 aromatic heterocycles. The molecule has 0 spiro atoms. The van der Waals surface area contributed by atoms with Gasteiger partial charge in [0.2, 0.25) is 0 Å². The minimum absolute atomic E-state index is 0.0746. The lowest BCUT2D eigenvalue weighted by Gasteiger charge is -2.26. The van der Waals surface area contributed by atoms with Gasteiger partial charge >= 0.3 is 0 Å². The molecule has 2 aromatic rings. The number of rotatable bonds is 1. The van der Waals surface area contributed by atoms with E-state index in [0.29, 0.717) is 13.2 Å². The van der Waals surface area contributed by atoms with Crippen molar-refractivity contribution in [2.45, 2.75) is 13.0 Å². The number of nitrogens with two attached hydrogens (primary N) is 1. The molecule has 1 atom stereocenters. The van der Waals surface area contributed by atoms with Gasteiger partial charge in [0.1, 0.15) is 12.7 Å². The molecule has 4 nitrogen and oxygen atoms in total. The average molecular weight is 230 g/mol.